The zero-order valence-corrected chi connectivity index (χ0v) is 16.9. The zero-order valence-electron chi connectivity index (χ0n) is 16.9. The van der Waals surface area contributed by atoms with Crippen LogP contribution < -0.4 is 0 Å². The minimum absolute atomic E-state index is 1.23. The molecule has 0 amide bonds. The summed E-state index contributed by atoms with van der Waals surface area (Å²) in [5.74, 6) is 0. The second-order valence-electron chi connectivity index (χ2n) is 8.20. The van der Waals surface area contributed by atoms with E-state index in [4.69, 9.17) is 0 Å². The van der Waals surface area contributed by atoms with Gasteiger partial charge in [0.05, 0.1) is 16.7 Å². The van der Waals surface area contributed by atoms with Crippen LogP contribution in [0.5, 0.6) is 0 Å². The summed E-state index contributed by atoms with van der Waals surface area (Å²) in [5.41, 5.74) is 3.78. The Morgan fingerprint density at radius 1 is 0.323 bits per heavy atom. The molecule has 6 aromatic carbocycles. The van der Waals surface area contributed by atoms with Crippen LogP contribution in [0.3, 0.4) is 0 Å². The lowest BCUT2D eigenvalue weighted by Crippen LogP contribution is -1.96. The molecule has 31 heavy (non-hydrogen) atoms. The van der Waals surface area contributed by atoms with Gasteiger partial charge in [0.25, 0.3) is 0 Å². The van der Waals surface area contributed by atoms with Crippen LogP contribution in [-0.2, 0) is 0 Å². The molecule has 0 unspecified atom stereocenters. The van der Waals surface area contributed by atoms with E-state index in [2.05, 4.69) is 120 Å². The van der Waals surface area contributed by atoms with E-state index in [0.717, 1.165) is 0 Å². The summed E-state index contributed by atoms with van der Waals surface area (Å²) in [4.78, 5) is 0. The van der Waals surface area contributed by atoms with Crippen LogP contribution in [-0.4, -0.2) is 4.57 Å². The highest BCUT2D eigenvalue weighted by Crippen LogP contribution is 2.40. The Balaban J connectivity index is 1.83. The molecule has 7 aromatic rings. The molecule has 0 aliphatic heterocycles. The fraction of sp³-hybridized carbons (Fsp3) is 0. The third kappa shape index (κ3) is 2.26. The maximum Gasteiger partial charge on any atom is 0.0619 e. The molecule has 144 valence electrons. The van der Waals surface area contributed by atoms with Gasteiger partial charge in [-0.1, -0.05) is 109 Å². The number of aromatic nitrogens is 1. The first-order valence-electron chi connectivity index (χ1n) is 10.7. The van der Waals surface area contributed by atoms with Gasteiger partial charge < -0.3 is 4.57 Å². The fourth-order valence-corrected chi connectivity index (χ4v) is 5.18. The SMILES string of the molecule is c1ccc2c(-n3c4c5ccccc5ccc4c4ccc5ccccc5c43)cccc2c1. The quantitative estimate of drug-likeness (QED) is 0.265. The number of benzene rings is 6. The molecule has 1 heteroatoms. The molecular formula is C30H19N. The molecule has 0 saturated heterocycles. The fourth-order valence-electron chi connectivity index (χ4n) is 5.18. The summed E-state index contributed by atoms with van der Waals surface area (Å²) in [7, 11) is 0. The molecule has 7 rings (SSSR count). The van der Waals surface area contributed by atoms with Crippen LogP contribution >= 0.6 is 0 Å². The Morgan fingerprint density at radius 3 is 1.35 bits per heavy atom. The van der Waals surface area contributed by atoms with E-state index in [9.17, 15) is 0 Å². The second-order valence-corrected chi connectivity index (χ2v) is 8.20. The zero-order chi connectivity index (χ0) is 20.4. The van der Waals surface area contributed by atoms with E-state index in [1.807, 2.05) is 0 Å². The van der Waals surface area contributed by atoms with Crippen molar-refractivity contribution in [2.45, 2.75) is 0 Å². The van der Waals surface area contributed by atoms with Crippen molar-refractivity contribution >= 4 is 54.1 Å². The van der Waals surface area contributed by atoms with Crippen LogP contribution in [0.1, 0.15) is 0 Å². The molecular weight excluding hydrogens is 374 g/mol. The maximum atomic E-state index is 2.50. The molecule has 0 saturated carbocycles. The molecule has 1 heterocycles. The number of rotatable bonds is 1. The van der Waals surface area contributed by atoms with E-state index in [1.165, 1.54) is 59.8 Å². The minimum atomic E-state index is 1.23. The average molecular weight is 393 g/mol. The Labute approximate surface area is 179 Å². The molecule has 0 bridgehead atoms. The lowest BCUT2D eigenvalue weighted by Gasteiger charge is -2.14. The smallest absolute Gasteiger partial charge is 0.0619 e. The predicted molar refractivity (Wildman–Crippen MR) is 133 cm³/mol. The normalized spacial score (nSPS) is 11.9. The molecule has 0 aliphatic carbocycles. The molecule has 0 spiro atoms. The molecule has 1 aromatic heterocycles. The maximum absolute atomic E-state index is 2.50. The van der Waals surface area contributed by atoms with Gasteiger partial charge in [-0.25, -0.2) is 0 Å². The summed E-state index contributed by atoms with van der Waals surface area (Å²) >= 11 is 0. The molecule has 0 fully saturated rings. The van der Waals surface area contributed by atoms with Crippen molar-refractivity contribution in [1.29, 1.82) is 0 Å². The van der Waals surface area contributed by atoms with Crippen LogP contribution in [0.25, 0.3) is 59.8 Å². The minimum Gasteiger partial charge on any atom is -0.307 e. The first-order valence-corrected chi connectivity index (χ1v) is 10.7. The van der Waals surface area contributed by atoms with Gasteiger partial charge in [-0.05, 0) is 22.2 Å². The highest BCUT2D eigenvalue weighted by atomic mass is 15.0. The van der Waals surface area contributed by atoms with E-state index in [0.29, 0.717) is 0 Å². The molecule has 0 radical (unpaired) electrons. The Bertz CT molecular complexity index is 1690. The second kappa shape index (κ2) is 6.20. The number of hydrogen-bond acceptors (Lipinski definition) is 0. The first kappa shape index (κ1) is 16.7. The van der Waals surface area contributed by atoms with E-state index >= 15 is 0 Å². The molecule has 0 atom stereocenters. The highest BCUT2D eigenvalue weighted by molar-refractivity contribution is 6.24. The van der Waals surface area contributed by atoms with Gasteiger partial charge in [-0.2, -0.15) is 0 Å². The lowest BCUT2D eigenvalue weighted by atomic mass is 10.0. The van der Waals surface area contributed by atoms with Crippen LogP contribution in [0.4, 0.5) is 0 Å². The Morgan fingerprint density at radius 2 is 0.774 bits per heavy atom. The monoisotopic (exact) mass is 393 g/mol. The summed E-state index contributed by atoms with van der Waals surface area (Å²) < 4.78 is 2.50. The third-order valence-electron chi connectivity index (χ3n) is 6.55. The van der Waals surface area contributed by atoms with E-state index < -0.39 is 0 Å². The number of nitrogens with zero attached hydrogens (tertiary/aromatic N) is 1. The molecule has 0 aliphatic rings. The van der Waals surface area contributed by atoms with Crippen molar-refractivity contribution in [2.24, 2.45) is 0 Å². The molecule has 1 nitrogen and oxygen atoms in total. The van der Waals surface area contributed by atoms with E-state index in [1.54, 1.807) is 0 Å². The number of fused-ring (bicyclic) bond motifs is 8. The van der Waals surface area contributed by atoms with E-state index in [-0.39, 0.29) is 0 Å². The van der Waals surface area contributed by atoms with Crippen molar-refractivity contribution in [3.63, 3.8) is 0 Å². The standard InChI is InChI=1S/C30H19N/c1-4-12-23-20(8-1)11-7-15-28(23)31-29-24-13-5-2-9-21(24)16-18-26(29)27-19-17-22-10-3-6-14-25(22)30(27)31/h1-19H. The van der Waals surface area contributed by atoms with Gasteiger partial charge in [0.2, 0.25) is 0 Å². The number of hydrogen-bond donors (Lipinski definition) is 0. The summed E-state index contributed by atoms with van der Waals surface area (Å²) in [6.45, 7) is 0. The summed E-state index contributed by atoms with van der Waals surface area (Å²) in [5, 5.41) is 10.2. The van der Waals surface area contributed by atoms with Gasteiger partial charge in [-0.3, -0.25) is 0 Å². The Kier molecular flexibility index (Phi) is 3.33. The van der Waals surface area contributed by atoms with Gasteiger partial charge >= 0.3 is 0 Å². The topological polar surface area (TPSA) is 4.93 Å². The van der Waals surface area contributed by atoms with Crippen molar-refractivity contribution in [3.8, 4) is 5.69 Å². The predicted octanol–water partition coefficient (Wildman–Crippen LogP) is 8.24. The molecule has 0 N–H and O–H groups in total. The third-order valence-corrected chi connectivity index (χ3v) is 6.55. The van der Waals surface area contributed by atoms with Gasteiger partial charge in [0.15, 0.2) is 0 Å². The van der Waals surface area contributed by atoms with Crippen molar-refractivity contribution in [2.75, 3.05) is 0 Å². The first-order chi connectivity index (χ1) is 15.4. The highest BCUT2D eigenvalue weighted by Gasteiger charge is 2.18. The lowest BCUT2D eigenvalue weighted by molar-refractivity contribution is 1.21. The van der Waals surface area contributed by atoms with Crippen LogP contribution in [0, 0.1) is 0 Å². The van der Waals surface area contributed by atoms with Crippen molar-refractivity contribution < 1.29 is 0 Å². The van der Waals surface area contributed by atoms with Crippen molar-refractivity contribution in [3.05, 3.63) is 115 Å². The van der Waals surface area contributed by atoms with Crippen molar-refractivity contribution in [1.82, 2.24) is 4.57 Å². The Hall–Kier alpha value is -4.10. The van der Waals surface area contributed by atoms with Gasteiger partial charge in [0, 0.05) is 26.9 Å². The van der Waals surface area contributed by atoms with Gasteiger partial charge in [-0.15, -0.1) is 0 Å². The van der Waals surface area contributed by atoms with Gasteiger partial charge in [0.1, 0.15) is 0 Å². The summed E-state index contributed by atoms with van der Waals surface area (Å²) in [6, 6.07) is 41.8. The largest absolute Gasteiger partial charge is 0.307 e. The van der Waals surface area contributed by atoms with Crippen LogP contribution in [0.15, 0.2) is 115 Å². The average Bonchev–Trinajstić information content (AvgIpc) is 3.19. The van der Waals surface area contributed by atoms with Crippen LogP contribution in [0.2, 0.25) is 0 Å². The summed E-state index contributed by atoms with van der Waals surface area (Å²) in [6.07, 6.45) is 0.